The Balaban J connectivity index is 1.99. The summed E-state index contributed by atoms with van der Waals surface area (Å²) in [5.74, 6) is -1.59. The van der Waals surface area contributed by atoms with Crippen LogP contribution in [-0.4, -0.2) is 40.0 Å². The summed E-state index contributed by atoms with van der Waals surface area (Å²) < 4.78 is 36.8. The largest absolute Gasteiger partial charge is 0.383 e. The molecule has 0 radical (unpaired) electrons. The van der Waals surface area contributed by atoms with Crippen LogP contribution in [-0.2, 0) is 15.9 Å². The van der Waals surface area contributed by atoms with Gasteiger partial charge >= 0.3 is 0 Å². The van der Waals surface area contributed by atoms with Crippen molar-refractivity contribution >= 4 is 0 Å². The van der Waals surface area contributed by atoms with Crippen molar-refractivity contribution in [3.8, 4) is 0 Å². The van der Waals surface area contributed by atoms with Crippen LogP contribution >= 0.6 is 0 Å². The Morgan fingerprint density at radius 2 is 2.20 bits per heavy atom. The zero-order valence-electron chi connectivity index (χ0n) is 11.8. The number of halogens is 2. The highest BCUT2D eigenvalue weighted by Crippen LogP contribution is 2.32. The minimum atomic E-state index is -0.802. The zero-order chi connectivity index (χ0) is 14.4. The number of hydrogen-bond acceptors (Lipinski definition) is 3. The number of methoxy groups -OCH3 is 1. The van der Waals surface area contributed by atoms with Crippen molar-refractivity contribution in [3.63, 3.8) is 0 Å². The lowest BCUT2D eigenvalue weighted by Gasteiger charge is -2.28. The van der Waals surface area contributed by atoms with E-state index in [2.05, 4.69) is 5.32 Å². The molecule has 0 aromatic heterocycles. The van der Waals surface area contributed by atoms with Crippen molar-refractivity contribution in [1.29, 1.82) is 0 Å². The van der Waals surface area contributed by atoms with Crippen molar-refractivity contribution in [3.05, 3.63) is 35.4 Å². The highest BCUT2D eigenvalue weighted by molar-refractivity contribution is 5.20. The summed E-state index contributed by atoms with van der Waals surface area (Å²) in [7, 11) is 1.66. The van der Waals surface area contributed by atoms with Gasteiger partial charge in [0, 0.05) is 32.2 Å². The zero-order valence-corrected chi connectivity index (χ0v) is 11.8. The van der Waals surface area contributed by atoms with E-state index in [4.69, 9.17) is 9.47 Å². The lowest BCUT2D eigenvalue weighted by molar-refractivity contribution is 0.145. The van der Waals surface area contributed by atoms with Gasteiger partial charge in [0.1, 0.15) is 0 Å². The molecule has 112 valence electrons. The average molecular weight is 285 g/mol. The summed E-state index contributed by atoms with van der Waals surface area (Å²) in [6.45, 7) is 3.58. The molecule has 3 nitrogen and oxygen atoms in total. The van der Waals surface area contributed by atoms with Gasteiger partial charge in [-0.3, -0.25) is 0 Å². The predicted molar refractivity (Wildman–Crippen MR) is 72.7 cm³/mol. The van der Waals surface area contributed by atoms with Gasteiger partial charge in [-0.15, -0.1) is 0 Å². The minimum absolute atomic E-state index is 0.0436. The van der Waals surface area contributed by atoms with Gasteiger partial charge in [-0.1, -0.05) is 6.07 Å². The number of rotatable bonds is 7. The summed E-state index contributed by atoms with van der Waals surface area (Å²) in [4.78, 5) is 0. The quantitative estimate of drug-likeness (QED) is 0.779. The van der Waals surface area contributed by atoms with Crippen LogP contribution in [0.3, 0.4) is 0 Å². The molecule has 0 bridgehead atoms. The van der Waals surface area contributed by atoms with E-state index >= 15 is 0 Å². The SMILES string of the molecule is COCCNCC1(Cc2ccc(F)c(F)c2)CCOC1. The minimum Gasteiger partial charge on any atom is -0.383 e. The highest BCUT2D eigenvalue weighted by atomic mass is 19.2. The van der Waals surface area contributed by atoms with Gasteiger partial charge in [0.25, 0.3) is 0 Å². The van der Waals surface area contributed by atoms with E-state index < -0.39 is 11.6 Å². The Labute approximate surface area is 118 Å². The van der Waals surface area contributed by atoms with Crippen LogP contribution < -0.4 is 5.32 Å². The van der Waals surface area contributed by atoms with Gasteiger partial charge in [-0.25, -0.2) is 8.78 Å². The van der Waals surface area contributed by atoms with Crippen LogP contribution in [0.15, 0.2) is 18.2 Å². The third-order valence-electron chi connectivity index (χ3n) is 3.73. The first-order chi connectivity index (χ1) is 9.65. The van der Waals surface area contributed by atoms with E-state index in [1.165, 1.54) is 12.1 Å². The molecule has 1 aromatic carbocycles. The number of hydrogen-bond donors (Lipinski definition) is 1. The molecule has 1 N–H and O–H groups in total. The summed E-state index contributed by atoms with van der Waals surface area (Å²) in [5.41, 5.74) is 0.765. The van der Waals surface area contributed by atoms with Crippen LogP contribution in [0.2, 0.25) is 0 Å². The second kappa shape index (κ2) is 7.11. The number of benzene rings is 1. The lowest BCUT2D eigenvalue weighted by atomic mass is 9.81. The van der Waals surface area contributed by atoms with Gasteiger partial charge in [-0.2, -0.15) is 0 Å². The number of ether oxygens (including phenoxy) is 2. The standard InChI is InChI=1S/C15H21F2NO2/c1-19-7-5-18-10-15(4-6-20-11-15)9-12-2-3-13(16)14(17)8-12/h2-3,8,18H,4-7,9-11H2,1H3. The summed E-state index contributed by atoms with van der Waals surface area (Å²) >= 11 is 0. The van der Waals surface area contributed by atoms with E-state index in [0.717, 1.165) is 31.7 Å². The van der Waals surface area contributed by atoms with Gasteiger partial charge in [0.15, 0.2) is 11.6 Å². The van der Waals surface area contributed by atoms with E-state index in [1.807, 2.05) is 0 Å². The Morgan fingerprint density at radius 3 is 2.85 bits per heavy atom. The summed E-state index contributed by atoms with van der Waals surface area (Å²) in [6, 6.07) is 4.12. The number of nitrogens with one attached hydrogen (secondary N) is 1. The molecule has 0 saturated carbocycles. The lowest BCUT2D eigenvalue weighted by Crippen LogP contribution is -2.38. The second-order valence-corrected chi connectivity index (χ2v) is 5.40. The van der Waals surface area contributed by atoms with Gasteiger partial charge in [-0.05, 0) is 30.5 Å². The predicted octanol–water partition coefficient (Wildman–Crippen LogP) is 2.15. The van der Waals surface area contributed by atoms with Crippen molar-refractivity contribution in [1.82, 2.24) is 5.32 Å². The topological polar surface area (TPSA) is 30.5 Å². The van der Waals surface area contributed by atoms with Crippen molar-refractivity contribution in [2.45, 2.75) is 12.8 Å². The molecule has 1 aliphatic rings. The molecule has 20 heavy (non-hydrogen) atoms. The Bertz CT molecular complexity index is 434. The molecule has 5 heteroatoms. The van der Waals surface area contributed by atoms with Gasteiger partial charge < -0.3 is 14.8 Å². The smallest absolute Gasteiger partial charge is 0.159 e. The van der Waals surface area contributed by atoms with E-state index in [0.29, 0.717) is 19.6 Å². The second-order valence-electron chi connectivity index (χ2n) is 5.40. The molecule has 1 aliphatic heterocycles. The molecule has 0 amide bonds. The molecule has 1 aromatic rings. The molecule has 0 aliphatic carbocycles. The molecular formula is C15H21F2NO2. The molecule has 1 unspecified atom stereocenters. The fourth-order valence-electron chi connectivity index (χ4n) is 2.60. The van der Waals surface area contributed by atoms with Gasteiger partial charge in [0.05, 0.1) is 13.2 Å². The molecular weight excluding hydrogens is 264 g/mol. The average Bonchev–Trinajstić information content (AvgIpc) is 2.88. The van der Waals surface area contributed by atoms with Crippen LogP contribution in [0.25, 0.3) is 0 Å². The Hall–Kier alpha value is -1.04. The third-order valence-corrected chi connectivity index (χ3v) is 3.73. The maximum atomic E-state index is 13.3. The molecule has 0 spiro atoms. The first-order valence-electron chi connectivity index (χ1n) is 6.87. The van der Waals surface area contributed by atoms with E-state index in [-0.39, 0.29) is 5.41 Å². The van der Waals surface area contributed by atoms with Gasteiger partial charge in [0.2, 0.25) is 0 Å². The molecule has 1 atom stereocenters. The monoisotopic (exact) mass is 285 g/mol. The van der Waals surface area contributed by atoms with Crippen LogP contribution in [0, 0.1) is 17.0 Å². The molecule has 2 rings (SSSR count). The molecule has 1 fully saturated rings. The molecule has 1 heterocycles. The normalized spacial score (nSPS) is 22.4. The summed E-state index contributed by atoms with van der Waals surface area (Å²) in [5, 5.41) is 3.34. The van der Waals surface area contributed by atoms with Crippen LogP contribution in [0.1, 0.15) is 12.0 Å². The van der Waals surface area contributed by atoms with E-state index in [9.17, 15) is 8.78 Å². The maximum absolute atomic E-state index is 13.3. The maximum Gasteiger partial charge on any atom is 0.159 e. The first-order valence-corrected chi connectivity index (χ1v) is 6.87. The Morgan fingerprint density at radius 1 is 1.35 bits per heavy atom. The van der Waals surface area contributed by atoms with Crippen molar-refractivity contribution in [2.75, 3.05) is 40.0 Å². The third kappa shape index (κ3) is 3.98. The fraction of sp³-hybridized carbons (Fsp3) is 0.600. The highest BCUT2D eigenvalue weighted by Gasteiger charge is 2.34. The molecule has 1 saturated heterocycles. The van der Waals surface area contributed by atoms with Crippen LogP contribution in [0.5, 0.6) is 0 Å². The first kappa shape index (κ1) is 15.4. The summed E-state index contributed by atoms with van der Waals surface area (Å²) in [6.07, 6.45) is 1.61. The van der Waals surface area contributed by atoms with Crippen LogP contribution in [0.4, 0.5) is 8.78 Å². The van der Waals surface area contributed by atoms with Crippen molar-refractivity contribution < 1.29 is 18.3 Å². The Kier molecular flexibility index (Phi) is 5.46. The van der Waals surface area contributed by atoms with Crippen molar-refractivity contribution in [2.24, 2.45) is 5.41 Å². The fourth-order valence-corrected chi connectivity index (χ4v) is 2.60. The van der Waals surface area contributed by atoms with E-state index in [1.54, 1.807) is 13.2 Å².